The van der Waals surface area contributed by atoms with Crippen molar-refractivity contribution in [2.24, 2.45) is 5.41 Å². The van der Waals surface area contributed by atoms with Crippen molar-refractivity contribution in [2.75, 3.05) is 32.9 Å². The molecule has 2 N–H and O–H groups in total. The molecular formula is C25H38N2O5. The SMILES string of the molecule is C[C@@H](OCC12CCC(CC1)OC2)[C@@H](COC1CCNCC1)NC(=O)OCc1ccccc1. The number of amides is 1. The second-order valence-electron chi connectivity index (χ2n) is 9.62. The van der Waals surface area contributed by atoms with Gasteiger partial charge in [-0.1, -0.05) is 30.3 Å². The van der Waals surface area contributed by atoms with Crippen molar-refractivity contribution in [3.8, 4) is 0 Å². The topological polar surface area (TPSA) is 78.0 Å². The second-order valence-corrected chi connectivity index (χ2v) is 9.62. The van der Waals surface area contributed by atoms with Crippen LogP contribution in [0.15, 0.2) is 30.3 Å². The maximum Gasteiger partial charge on any atom is 0.407 e. The van der Waals surface area contributed by atoms with Crippen molar-refractivity contribution >= 4 is 6.09 Å². The smallest absolute Gasteiger partial charge is 0.407 e. The summed E-state index contributed by atoms with van der Waals surface area (Å²) in [5.41, 5.74) is 1.08. The summed E-state index contributed by atoms with van der Waals surface area (Å²) < 4.78 is 23.9. The van der Waals surface area contributed by atoms with Crippen LogP contribution in [-0.2, 0) is 25.6 Å². The summed E-state index contributed by atoms with van der Waals surface area (Å²) in [6.45, 7) is 6.05. The van der Waals surface area contributed by atoms with Crippen LogP contribution in [0.3, 0.4) is 0 Å². The Morgan fingerprint density at radius 2 is 1.94 bits per heavy atom. The monoisotopic (exact) mass is 446 g/mol. The van der Waals surface area contributed by atoms with Gasteiger partial charge < -0.3 is 29.6 Å². The minimum atomic E-state index is -0.442. The highest BCUT2D eigenvalue weighted by molar-refractivity contribution is 5.67. The highest BCUT2D eigenvalue weighted by Gasteiger charge is 2.42. The Morgan fingerprint density at radius 1 is 1.19 bits per heavy atom. The lowest BCUT2D eigenvalue weighted by Crippen LogP contribution is -2.50. The highest BCUT2D eigenvalue weighted by Crippen LogP contribution is 2.43. The van der Waals surface area contributed by atoms with E-state index in [1.807, 2.05) is 37.3 Å². The minimum absolute atomic E-state index is 0.122. The van der Waals surface area contributed by atoms with Crippen LogP contribution in [0.25, 0.3) is 0 Å². The zero-order chi connectivity index (χ0) is 22.2. The van der Waals surface area contributed by atoms with Gasteiger partial charge in [0.2, 0.25) is 0 Å². The molecule has 7 heteroatoms. The molecule has 0 radical (unpaired) electrons. The number of carbonyl (C=O) groups excluding carboxylic acids is 1. The van der Waals surface area contributed by atoms with Gasteiger partial charge in [0.15, 0.2) is 0 Å². The largest absolute Gasteiger partial charge is 0.445 e. The van der Waals surface area contributed by atoms with Gasteiger partial charge in [-0.15, -0.1) is 0 Å². The van der Waals surface area contributed by atoms with E-state index < -0.39 is 6.09 Å². The predicted molar refractivity (Wildman–Crippen MR) is 121 cm³/mol. The summed E-state index contributed by atoms with van der Waals surface area (Å²) in [5, 5.41) is 6.35. The van der Waals surface area contributed by atoms with Crippen LogP contribution in [0, 0.1) is 5.41 Å². The quantitative estimate of drug-likeness (QED) is 0.574. The summed E-state index contributed by atoms with van der Waals surface area (Å²) in [6.07, 6.45) is 6.59. The van der Waals surface area contributed by atoms with Gasteiger partial charge in [-0.3, -0.25) is 0 Å². The van der Waals surface area contributed by atoms with E-state index in [1.54, 1.807) is 0 Å². The van der Waals surface area contributed by atoms with Gasteiger partial charge in [-0.2, -0.15) is 0 Å². The number of alkyl carbamates (subject to hydrolysis) is 1. The predicted octanol–water partition coefficient (Wildman–Crippen LogP) is 3.41. The van der Waals surface area contributed by atoms with Crippen molar-refractivity contribution in [3.63, 3.8) is 0 Å². The highest BCUT2D eigenvalue weighted by atomic mass is 16.6. The summed E-state index contributed by atoms with van der Waals surface area (Å²) in [4.78, 5) is 12.5. The van der Waals surface area contributed by atoms with Gasteiger partial charge >= 0.3 is 6.09 Å². The molecule has 7 nitrogen and oxygen atoms in total. The van der Waals surface area contributed by atoms with Crippen LogP contribution in [0.4, 0.5) is 4.79 Å². The van der Waals surface area contributed by atoms with Gasteiger partial charge in [-0.25, -0.2) is 4.79 Å². The first kappa shape index (κ1) is 23.5. The Hall–Kier alpha value is -1.67. The van der Waals surface area contributed by atoms with E-state index in [2.05, 4.69) is 10.6 Å². The molecule has 2 atom stereocenters. The fourth-order valence-electron chi connectivity index (χ4n) is 4.83. The molecule has 4 aliphatic rings. The van der Waals surface area contributed by atoms with Crippen LogP contribution < -0.4 is 10.6 Å². The average molecular weight is 447 g/mol. The Balaban J connectivity index is 1.29. The van der Waals surface area contributed by atoms with Gasteiger partial charge in [0.25, 0.3) is 0 Å². The van der Waals surface area contributed by atoms with Crippen molar-refractivity contribution in [3.05, 3.63) is 35.9 Å². The average Bonchev–Trinajstić information content (AvgIpc) is 2.86. The summed E-state index contributed by atoms with van der Waals surface area (Å²) >= 11 is 0. The number of hydrogen-bond acceptors (Lipinski definition) is 6. The molecule has 32 heavy (non-hydrogen) atoms. The standard InChI is InChI=1S/C25H38N2O5/c1-19(31-17-25-11-7-21(8-12-25)32-18-25)23(16-29-22-9-13-26-14-10-22)27-24(28)30-15-20-5-3-2-4-6-20/h2-6,19,21-23,26H,7-18H2,1H3,(H,27,28)/t19-,21?,23-,25?/m1/s1. The Morgan fingerprint density at radius 3 is 2.62 bits per heavy atom. The number of fused-ring (bicyclic) bond motifs is 3. The summed E-state index contributed by atoms with van der Waals surface area (Å²) in [7, 11) is 0. The van der Waals surface area contributed by atoms with Gasteiger partial charge in [-0.05, 0) is 64.1 Å². The van der Waals surface area contributed by atoms with Crippen molar-refractivity contribution in [2.45, 2.75) is 76.4 Å². The van der Waals surface area contributed by atoms with E-state index in [0.29, 0.717) is 19.3 Å². The number of hydrogen-bond donors (Lipinski definition) is 2. The Bertz CT molecular complexity index is 688. The maximum atomic E-state index is 12.5. The molecule has 2 bridgehead atoms. The zero-order valence-corrected chi connectivity index (χ0v) is 19.2. The fraction of sp³-hybridized carbons (Fsp3) is 0.720. The molecule has 1 amide bonds. The first-order valence-electron chi connectivity index (χ1n) is 12.1. The van der Waals surface area contributed by atoms with Gasteiger partial charge in [0.1, 0.15) is 6.61 Å². The third-order valence-corrected chi connectivity index (χ3v) is 7.15. The number of nitrogens with one attached hydrogen (secondary N) is 2. The van der Waals surface area contributed by atoms with Crippen LogP contribution in [-0.4, -0.2) is 63.4 Å². The molecule has 0 unspecified atom stereocenters. The summed E-state index contributed by atoms with van der Waals surface area (Å²) in [5.74, 6) is 0. The molecular weight excluding hydrogens is 408 g/mol. The molecule has 3 heterocycles. The molecule has 1 aromatic rings. The maximum absolute atomic E-state index is 12.5. The third kappa shape index (κ3) is 6.67. The van der Waals surface area contributed by atoms with E-state index in [9.17, 15) is 4.79 Å². The van der Waals surface area contributed by atoms with Crippen molar-refractivity contribution in [1.82, 2.24) is 10.6 Å². The van der Waals surface area contributed by atoms with Crippen LogP contribution >= 0.6 is 0 Å². The first-order chi connectivity index (χ1) is 15.6. The van der Waals surface area contributed by atoms with Crippen molar-refractivity contribution < 1.29 is 23.7 Å². The lowest BCUT2D eigenvalue weighted by atomic mass is 9.72. The molecule has 0 spiro atoms. The van der Waals surface area contributed by atoms with E-state index in [-0.39, 0.29) is 30.3 Å². The zero-order valence-electron chi connectivity index (χ0n) is 19.2. The van der Waals surface area contributed by atoms with Crippen LogP contribution in [0.2, 0.25) is 0 Å². The molecule has 1 saturated carbocycles. The molecule has 178 valence electrons. The Kier molecular flexibility index (Phi) is 8.41. The van der Waals surface area contributed by atoms with Gasteiger partial charge in [0, 0.05) is 5.41 Å². The number of piperidine rings is 1. The number of carbonyl (C=O) groups is 1. The normalized spacial score (nSPS) is 27.6. The lowest BCUT2D eigenvalue weighted by molar-refractivity contribution is -0.152. The minimum Gasteiger partial charge on any atom is -0.445 e. The molecule has 1 aromatic carbocycles. The van der Waals surface area contributed by atoms with Crippen molar-refractivity contribution in [1.29, 1.82) is 0 Å². The second kappa shape index (κ2) is 11.5. The number of ether oxygens (including phenoxy) is 4. The third-order valence-electron chi connectivity index (χ3n) is 7.15. The molecule has 0 aromatic heterocycles. The van der Waals surface area contributed by atoms with E-state index >= 15 is 0 Å². The van der Waals surface area contributed by atoms with E-state index in [1.165, 1.54) is 0 Å². The fourth-order valence-corrected chi connectivity index (χ4v) is 4.83. The van der Waals surface area contributed by atoms with Gasteiger partial charge in [0.05, 0.1) is 44.2 Å². The van der Waals surface area contributed by atoms with E-state index in [0.717, 1.165) is 63.8 Å². The molecule has 5 rings (SSSR count). The molecule has 3 aliphatic heterocycles. The Labute approximate surface area is 191 Å². The number of benzene rings is 1. The number of rotatable bonds is 10. The van der Waals surface area contributed by atoms with E-state index in [4.69, 9.17) is 18.9 Å². The van der Waals surface area contributed by atoms with Crippen LogP contribution in [0.1, 0.15) is 51.0 Å². The lowest BCUT2D eigenvalue weighted by Gasteiger charge is -2.46. The molecule has 4 fully saturated rings. The summed E-state index contributed by atoms with van der Waals surface area (Å²) in [6, 6.07) is 9.42. The molecule has 1 aliphatic carbocycles. The van der Waals surface area contributed by atoms with Crippen LogP contribution in [0.5, 0.6) is 0 Å². The molecule has 3 saturated heterocycles. The first-order valence-corrected chi connectivity index (χ1v) is 12.1.